The van der Waals surface area contributed by atoms with Crippen molar-refractivity contribution in [2.45, 2.75) is 39.3 Å². The van der Waals surface area contributed by atoms with Gasteiger partial charge in [-0.2, -0.15) is 0 Å². The lowest BCUT2D eigenvalue weighted by Crippen LogP contribution is -2.31. The minimum Gasteiger partial charge on any atom is -0.380 e. The third-order valence-corrected chi connectivity index (χ3v) is 2.98. The highest BCUT2D eigenvalue weighted by Crippen LogP contribution is 2.20. The normalized spacial score (nSPS) is 14.8. The van der Waals surface area contributed by atoms with Gasteiger partial charge in [-0.25, -0.2) is 0 Å². The number of ether oxygens (including phenoxy) is 1. The predicted octanol–water partition coefficient (Wildman–Crippen LogP) is 2.93. The molecule has 0 bridgehead atoms. The molecule has 2 unspecified atom stereocenters. The fourth-order valence-electron chi connectivity index (χ4n) is 1.92. The Labute approximate surface area is 99.0 Å². The van der Waals surface area contributed by atoms with E-state index < -0.39 is 0 Å². The van der Waals surface area contributed by atoms with Gasteiger partial charge in [0.25, 0.3) is 0 Å². The highest BCUT2D eigenvalue weighted by Gasteiger charge is 2.17. The summed E-state index contributed by atoms with van der Waals surface area (Å²) < 4.78 is 5.43. The van der Waals surface area contributed by atoms with E-state index in [9.17, 15) is 0 Å². The summed E-state index contributed by atoms with van der Waals surface area (Å²) in [5.41, 5.74) is 2.69. The van der Waals surface area contributed by atoms with Crippen molar-refractivity contribution in [3.05, 3.63) is 35.4 Å². The second kappa shape index (κ2) is 6.66. The van der Waals surface area contributed by atoms with E-state index in [-0.39, 0.29) is 12.1 Å². The molecule has 0 fully saturated rings. The second-order valence-electron chi connectivity index (χ2n) is 4.07. The molecule has 1 aromatic carbocycles. The molecule has 16 heavy (non-hydrogen) atoms. The van der Waals surface area contributed by atoms with Gasteiger partial charge in [-0.3, -0.25) is 0 Å². The van der Waals surface area contributed by atoms with Crippen molar-refractivity contribution >= 4 is 0 Å². The van der Waals surface area contributed by atoms with E-state index in [1.807, 2.05) is 0 Å². The van der Waals surface area contributed by atoms with E-state index in [0.29, 0.717) is 0 Å². The fourth-order valence-corrected chi connectivity index (χ4v) is 1.92. The Kier molecular flexibility index (Phi) is 5.50. The summed E-state index contributed by atoms with van der Waals surface area (Å²) in [6.45, 7) is 7.36. The summed E-state index contributed by atoms with van der Waals surface area (Å²) in [5.74, 6) is 0. The van der Waals surface area contributed by atoms with Crippen LogP contribution < -0.4 is 5.32 Å². The van der Waals surface area contributed by atoms with Crippen LogP contribution in [0.4, 0.5) is 0 Å². The molecule has 2 heteroatoms. The summed E-state index contributed by atoms with van der Waals surface area (Å²) in [5, 5.41) is 3.48. The summed E-state index contributed by atoms with van der Waals surface area (Å²) in [7, 11) is 1.76. The number of nitrogens with one attached hydrogen (secondary N) is 1. The minimum atomic E-state index is 0.187. The number of hydrogen-bond donors (Lipinski definition) is 1. The van der Waals surface area contributed by atoms with Crippen molar-refractivity contribution in [3.8, 4) is 0 Å². The van der Waals surface area contributed by atoms with Crippen LogP contribution in [-0.2, 0) is 11.2 Å². The number of benzene rings is 1. The smallest absolute Gasteiger partial charge is 0.0737 e. The highest BCUT2D eigenvalue weighted by atomic mass is 16.5. The Morgan fingerprint density at radius 3 is 2.62 bits per heavy atom. The lowest BCUT2D eigenvalue weighted by atomic mass is 9.99. The van der Waals surface area contributed by atoms with E-state index in [0.717, 1.165) is 13.0 Å². The molecular weight excluding hydrogens is 198 g/mol. The first-order valence-electron chi connectivity index (χ1n) is 6.07. The largest absolute Gasteiger partial charge is 0.380 e. The number of methoxy groups -OCH3 is 1. The van der Waals surface area contributed by atoms with Crippen LogP contribution >= 0.6 is 0 Å². The minimum absolute atomic E-state index is 0.187. The van der Waals surface area contributed by atoms with Gasteiger partial charge < -0.3 is 10.1 Å². The van der Waals surface area contributed by atoms with Crippen LogP contribution in [-0.4, -0.2) is 19.8 Å². The van der Waals surface area contributed by atoms with Crippen molar-refractivity contribution in [1.29, 1.82) is 0 Å². The first-order valence-corrected chi connectivity index (χ1v) is 6.07. The number of likely N-dealkylation sites (N-methyl/N-ethyl adjacent to an activating group) is 1. The third-order valence-electron chi connectivity index (χ3n) is 2.98. The second-order valence-corrected chi connectivity index (χ2v) is 4.07. The predicted molar refractivity (Wildman–Crippen MR) is 68.7 cm³/mol. The average Bonchev–Trinajstić information content (AvgIpc) is 2.35. The average molecular weight is 221 g/mol. The van der Waals surface area contributed by atoms with Crippen LogP contribution in [0.2, 0.25) is 0 Å². The van der Waals surface area contributed by atoms with Gasteiger partial charge in [-0.05, 0) is 31.0 Å². The standard InChI is InChI=1S/C14H23NO/c1-5-12-8-7-9-13(10-12)14(15-6-2)11(3)16-4/h7-11,14-15H,5-6H2,1-4H3. The van der Waals surface area contributed by atoms with Gasteiger partial charge in [-0.1, -0.05) is 38.1 Å². The summed E-state index contributed by atoms with van der Waals surface area (Å²) in [6, 6.07) is 9.01. The van der Waals surface area contributed by atoms with Gasteiger partial charge in [0.05, 0.1) is 12.1 Å². The molecule has 0 heterocycles. The molecule has 0 radical (unpaired) electrons. The molecule has 2 atom stereocenters. The third kappa shape index (κ3) is 3.32. The van der Waals surface area contributed by atoms with Crippen LogP contribution in [0.1, 0.15) is 37.9 Å². The van der Waals surface area contributed by atoms with Crippen LogP contribution in [0.5, 0.6) is 0 Å². The molecule has 0 spiro atoms. The molecule has 0 aliphatic rings. The zero-order valence-electron chi connectivity index (χ0n) is 10.8. The first kappa shape index (κ1) is 13.2. The number of aryl methyl sites for hydroxylation is 1. The van der Waals surface area contributed by atoms with Crippen molar-refractivity contribution in [3.63, 3.8) is 0 Å². The Bertz CT molecular complexity index is 311. The Morgan fingerprint density at radius 1 is 1.31 bits per heavy atom. The monoisotopic (exact) mass is 221 g/mol. The molecule has 0 saturated carbocycles. The first-order chi connectivity index (χ1) is 7.72. The van der Waals surface area contributed by atoms with E-state index in [1.165, 1.54) is 11.1 Å². The quantitative estimate of drug-likeness (QED) is 0.797. The van der Waals surface area contributed by atoms with Gasteiger partial charge in [0, 0.05) is 7.11 Å². The van der Waals surface area contributed by atoms with Crippen molar-refractivity contribution in [2.75, 3.05) is 13.7 Å². The Hall–Kier alpha value is -0.860. The van der Waals surface area contributed by atoms with Gasteiger partial charge in [0.15, 0.2) is 0 Å². The van der Waals surface area contributed by atoms with Crippen molar-refractivity contribution < 1.29 is 4.74 Å². The molecule has 90 valence electrons. The lowest BCUT2D eigenvalue weighted by molar-refractivity contribution is 0.0835. The summed E-state index contributed by atoms with van der Waals surface area (Å²) in [6.07, 6.45) is 1.26. The fraction of sp³-hybridized carbons (Fsp3) is 0.571. The van der Waals surface area contributed by atoms with Gasteiger partial charge >= 0.3 is 0 Å². The van der Waals surface area contributed by atoms with E-state index in [4.69, 9.17) is 4.74 Å². The van der Waals surface area contributed by atoms with Crippen molar-refractivity contribution in [2.24, 2.45) is 0 Å². The molecule has 1 aromatic rings. The molecule has 0 aliphatic carbocycles. The molecule has 1 rings (SSSR count). The summed E-state index contributed by atoms with van der Waals surface area (Å²) >= 11 is 0. The molecule has 0 aromatic heterocycles. The van der Waals surface area contributed by atoms with Crippen LogP contribution in [0.25, 0.3) is 0 Å². The Morgan fingerprint density at radius 2 is 2.06 bits per heavy atom. The van der Waals surface area contributed by atoms with Crippen LogP contribution in [0, 0.1) is 0 Å². The van der Waals surface area contributed by atoms with E-state index in [1.54, 1.807) is 7.11 Å². The number of hydrogen-bond acceptors (Lipinski definition) is 2. The zero-order valence-corrected chi connectivity index (χ0v) is 10.8. The number of rotatable bonds is 6. The van der Waals surface area contributed by atoms with Crippen LogP contribution in [0.15, 0.2) is 24.3 Å². The van der Waals surface area contributed by atoms with E-state index in [2.05, 4.69) is 50.4 Å². The molecular formula is C14H23NO. The molecule has 2 nitrogen and oxygen atoms in total. The van der Waals surface area contributed by atoms with Crippen molar-refractivity contribution in [1.82, 2.24) is 5.32 Å². The SMILES string of the molecule is CCNC(c1cccc(CC)c1)C(C)OC. The zero-order chi connectivity index (χ0) is 12.0. The van der Waals surface area contributed by atoms with Crippen LogP contribution in [0.3, 0.4) is 0 Å². The van der Waals surface area contributed by atoms with Gasteiger partial charge in [0.1, 0.15) is 0 Å². The van der Waals surface area contributed by atoms with Gasteiger partial charge in [0.2, 0.25) is 0 Å². The molecule has 1 N–H and O–H groups in total. The lowest BCUT2D eigenvalue weighted by Gasteiger charge is -2.24. The van der Waals surface area contributed by atoms with E-state index >= 15 is 0 Å². The molecule has 0 amide bonds. The highest BCUT2D eigenvalue weighted by molar-refractivity contribution is 5.26. The summed E-state index contributed by atoms with van der Waals surface area (Å²) in [4.78, 5) is 0. The maximum Gasteiger partial charge on any atom is 0.0737 e. The van der Waals surface area contributed by atoms with Gasteiger partial charge in [-0.15, -0.1) is 0 Å². The molecule has 0 saturated heterocycles. The topological polar surface area (TPSA) is 21.3 Å². The maximum absolute atomic E-state index is 5.43. The maximum atomic E-state index is 5.43. The Balaban J connectivity index is 2.90. The molecule has 0 aliphatic heterocycles.